The van der Waals surface area contributed by atoms with Gasteiger partial charge in [0.05, 0.1) is 12.3 Å². The highest BCUT2D eigenvalue weighted by molar-refractivity contribution is 5.93. The third kappa shape index (κ3) is 3.76. The highest BCUT2D eigenvalue weighted by atomic mass is 16.4. The quantitative estimate of drug-likeness (QED) is 0.765. The number of hydrogen-bond donors (Lipinski definition) is 3. The van der Waals surface area contributed by atoms with Gasteiger partial charge in [0.2, 0.25) is 5.91 Å². The first-order valence-electron chi connectivity index (χ1n) is 9.43. The molecule has 5 heteroatoms. The number of rotatable bonds is 5. The molecule has 3 N–H and O–H groups in total. The number of amides is 1. The first kappa shape index (κ1) is 18.5. The summed E-state index contributed by atoms with van der Waals surface area (Å²) in [6.07, 6.45) is 3.57. The maximum absolute atomic E-state index is 12.5. The Morgan fingerprint density at radius 2 is 1.77 bits per heavy atom. The first-order chi connectivity index (χ1) is 12.4. The van der Waals surface area contributed by atoms with Crippen LogP contribution < -0.4 is 5.32 Å². The molecule has 1 saturated carbocycles. The Labute approximate surface area is 154 Å². The minimum atomic E-state index is -0.687. The number of carbonyl (C=O) groups is 2. The molecule has 1 aliphatic rings. The van der Waals surface area contributed by atoms with Crippen molar-refractivity contribution in [2.75, 3.05) is 6.54 Å². The second kappa shape index (κ2) is 7.52. The molecule has 0 atom stereocenters. The van der Waals surface area contributed by atoms with Gasteiger partial charge in [0, 0.05) is 23.1 Å². The van der Waals surface area contributed by atoms with E-state index in [9.17, 15) is 9.59 Å². The number of aromatic amines is 1. The van der Waals surface area contributed by atoms with Gasteiger partial charge in [0.15, 0.2) is 0 Å². The van der Waals surface area contributed by atoms with Crippen LogP contribution in [-0.2, 0) is 16.0 Å². The average molecular weight is 356 g/mol. The van der Waals surface area contributed by atoms with Crippen molar-refractivity contribution in [3.8, 4) is 0 Å². The zero-order chi connectivity index (χ0) is 18.8. The summed E-state index contributed by atoms with van der Waals surface area (Å²) >= 11 is 0. The third-order valence-electron chi connectivity index (χ3n) is 5.81. The van der Waals surface area contributed by atoms with Crippen molar-refractivity contribution < 1.29 is 14.7 Å². The lowest BCUT2D eigenvalue weighted by molar-refractivity contribution is -0.143. The van der Waals surface area contributed by atoms with Crippen LogP contribution in [0, 0.1) is 32.6 Å². The summed E-state index contributed by atoms with van der Waals surface area (Å²) in [5.41, 5.74) is 5.63. The Kier molecular flexibility index (Phi) is 5.35. The molecule has 1 aliphatic carbocycles. The zero-order valence-electron chi connectivity index (χ0n) is 15.8. The highest BCUT2D eigenvalue weighted by Crippen LogP contribution is 2.29. The van der Waals surface area contributed by atoms with E-state index in [-0.39, 0.29) is 11.8 Å². The molecular weight excluding hydrogens is 328 g/mol. The molecule has 0 unspecified atom stereocenters. The highest BCUT2D eigenvalue weighted by Gasteiger charge is 2.26. The summed E-state index contributed by atoms with van der Waals surface area (Å²) in [5, 5.41) is 13.3. The number of carboxylic acid groups (broad SMARTS) is 1. The maximum Gasteiger partial charge on any atom is 0.306 e. The number of nitrogens with one attached hydrogen (secondary N) is 2. The molecule has 1 fully saturated rings. The molecule has 0 spiro atoms. The summed E-state index contributed by atoms with van der Waals surface area (Å²) < 4.78 is 0. The van der Waals surface area contributed by atoms with E-state index in [2.05, 4.69) is 36.3 Å². The van der Waals surface area contributed by atoms with Crippen LogP contribution in [0.5, 0.6) is 0 Å². The van der Waals surface area contributed by atoms with Gasteiger partial charge < -0.3 is 15.4 Å². The number of fused-ring (bicyclic) bond motifs is 1. The van der Waals surface area contributed by atoms with Crippen molar-refractivity contribution in [1.82, 2.24) is 10.3 Å². The third-order valence-corrected chi connectivity index (χ3v) is 5.81. The molecule has 26 heavy (non-hydrogen) atoms. The van der Waals surface area contributed by atoms with Crippen LogP contribution in [0.1, 0.15) is 48.1 Å². The summed E-state index contributed by atoms with van der Waals surface area (Å²) in [6, 6.07) is 4.21. The van der Waals surface area contributed by atoms with E-state index in [0.29, 0.717) is 18.9 Å². The van der Waals surface area contributed by atoms with Gasteiger partial charge in [-0.1, -0.05) is 12.1 Å². The summed E-state index contributed by atoms with van der Waals surface area (Å²) in [6.45, 7) is 6.83. The molecule has 1 aromatic carbocycles. The Morgan fingerprint density at radius 1 is 1.12 bits per heavy atom. The molecule has 1 heterocycles. The zero-order valence-corrected chi connectivity index (χ0v) is 15.8. The van der Waals surface area contributed by atoms with Gasteiger partial charge in [-0.3, -0.25) is 9.59 Å². The number of carbonyl (C=O) groups excluding carboxylic acids is 1. The molecule has 2 aromatic rings. The number of benzene rings is 1. The van der Waals surface area contributed by atoms with Gasteiger partial charge in [0.25, 0.3) is 0 Å². The molecule has 0 radical (unpaired) electrons. The second-order valence-electron chi connectivity index (χ2n) is 7.71. The maximum atomic E-state index is 12.5. The first-order valence-corrected chi connectivity index (χ1v) is 9.43. The topological polar surface area (TPSA) is 82.2 Å². The minimum absolute atomic E-state index is 0.0373. The normalized spacial score (nSPS) is 20.3. The second-order valence-corrected chi connectivity index (χ2v) is 7.71. The van der Waals surface area contributed by atoms with E-state index < -0.39 is 5.97 Å². The molecule has 0 aliphatic heterocycles. The van der Waals surface area contributed by atoms with E-state index in [4.69, 9.17) is 5.11 Å². The number of aryl methyl sites for hydroxylation is 3. The van der Waals surface area contributed by atoms with E-state index in [1.807, 2.05) is 6.92 Å². The van der Waals surface area contributed by atoms with Crippen LogP contribution in [0.25, 0.3) is 10.9 Å². The predicted molar refractivity (Wildman–Crippen MR) is 102 cm³/mol. The van der Waals surface area contributed by atoms with Crippen LogP contribution in [0.4, 0.5) is 0 Å². The average Bonchev–Trinajstić information content (AvgIpc) is 2.94. The van der Waals surface area contributed by atoms with Crippen molar-refractivity contribution in [1.29, 1.82) is 0 Å². The van der Waals surface area contributed by atoms with Crippen LogP contribution in [-0.4, -0.2) is 28.5 Å². The Balaban J connectivity index is 1.61. The van der Waals surface area contributed by atoms with Gasteiger partial charge in [-0.15, -0.1) is 0 Å². The van der Waals surface area contributed by atoms with E-state index in [1.54, 1.807) is 0 Å². The lowest BCUT2D eigenvalue weighted by Crippen LogP contribution is -2.33. The minimum Gasteiger partial charge on any atom is -0.481 e. The van der Waals surface area contributed by atoms with E-state index in [0.717, 1.165) is 42.5 Å². The molecular formula is C21H28N2O3. The van der Waals surface area contributed by atoms with Crippen LogP contribution in [0.3, 0.4) is 0 Å². The van der Waals surface area contributed by atoms with Gasteiger partial charge >= 0.3 is 5.97 Å². The van der Waals surface area contributed by atoms with E-state index in [1.165, 1.54) is 16.5 Å². The Morgan fingerprint density at radius 3 is 2.42 bits per heavy atom. The molecule has 1 amide bonds. The fourth-order valence-corrected chi connectivity index (χ4v) is 4.13. The molecule has 0 bridgehead atoms. The number of H-pyrrole nitrogens is 1. The van der Waals surface area contributed by atoms with Crippen molar-refractivity contribution in [2.24, 2.45) is 11.8 Å². The monoisotopic (exact) mass is 356 g/mol. The summed E-state index contributed by atoms with van der Waals surface area (Å²) in [4.78, 5) is 26.9. The van der Waals surface area contributed by atoms with Crippen LogP contribution >= 0.6 is 0 Å². The number of aromatic nitrogens is 1. The lowest BCUT2D eigenvalue weighted by atomic mass is 9.82. The SMILES string of the molecule is Cc1[nH]c2c(C)ccc(C)c2c1CC(=O)NCC1CCC(C(=O)O)CC1. The summed E-state index contributed by atoms with van der Waals surface area (Å²) in [7, 11) is 0. The summed E-state index contributed by atoms with van der Waals surface area (Å²) in [5.74, 6) is -0.465. The fraction of sp³-hybridized carbons (Fsp3) is 0.524. The van der Waals surface area contributed by atoms with Gasteiger partial charge in [-0.2, -0.15) is 0 Å². The van der Waals surface area contributed by atoms with Crippen LogP contribution in [0.2, 0.25) is 0 Å². The van der Waals surface area contributed by atoms with E-state index >= 15 is 0 Å². The smallest absolute Gasteiger partial charge is 0.306 e. The van der Waals surface area contributed by atoms with Crippen molar-refractivity contribution in [3.05, 3.63) is 34.5 Å². The standard InChI is InChI=1S/C21H28N2O3/c1-12-4-5-13(2)20-19(12)17(14(3)23-20)10-18(24)22-11-15-6-8-16(9-7-15)21(25)26/h4-5,15-16,23H,6-11H2,1-3H3,(H,22,24)(H,25,26). The van der Waals surface area contributed by atoms with Crippen molar-refractivity contribution >= 4 is 22.8 Å². The van der Waals surface area contributed by atoms with Crippen LogP contribution in [0.15, 0.2) is 12.1 Å². The van der Waals surface area contributed by atoms with Gasteiger partial charge in [-0.05, 0) is 69.1 Å². The molecule has 0 saturated heterocycles. The number of hydrogen-bond acceptors (Lipinski definition) is 2. The van der Waals surface area contributed by atoms with Gasteiger partial charge in [0.1, 0.15) is 0 Å². The number of carboxylic acids is 1. The number of aliphatic carboxylic acids is 1. The van der Waals surface area contributed by atoms with Crippen molar-refractivity contribution in [3.63, 3.8) is 0 Å². The molecule has 5 nitrogen and oxygen atoms in total. The molecule has 1 aromatic heterocycles. The molecule has 140 valence electrons. The largest absolute Gasteiger partial charge is 0.481 e. The molecule has 3 rings (SSSR count). The van der Waals surface area contributed by atoms with Gasteiger partial charge in [-0.25, -0.2) is 0 Å². The fourth-order valence-electron chi connectivity index (χ4n) is 4.13. The Hall–Kier alpha value is -2.30. The Bertz CT molecular complexity index is 829. The lowest BCUT2D eigenvalue weighted by Gasteiger charge is -2.26. The van der Waals surface area contributed by atoms with Crippen molar-refractivity contribution in [2.45, 2.75) is 52.9 Å². The predicted octanol–water partition coefficient (Wildman–Crippen LogP) is 3.64.